The highest BCUT2D eigenvalue weighted by Crippen LogP contribution is 2.26. The molecule has 1 aliphatic rings. The number of aryl methyl sites for hydroxylation is 4. The van der Waals surface area contributed by atoms with Crippen molar-refractivity contribution in [1.82, 2.24) is 35.2 Å². The van der Waals surface area contributed by atoms with Crippen LogP contribution in [0, 0.1) is 20.8 Å². The van der Waals surface area contributed by atoms with Crippen molar-refractivity contribution in [2.24, 2.45) is 0 Å². The number of aromatic amines is 1. The van der Waals surface area contributed by atoms with Gasteiger partial charge >= 0.3 is 0 Å². The van der Waals surface area contributed by atoms with E-state index in [9.17, 15) is 9.59 Å². The molecule has 1 saturated heterocycles. The molecule has 0 bridgehead atoms. The molecule has 1 aromatic carbocycles. The molecule has 0 unspecified atom stereocenters. The summed E-state index contributed by atoms with van der Waals surface area (Å²) in [5, 5.41) is 14.7. The molecule has 2 N–H and O–H groups in total. The van der Waals surface area contributed by atoms with Crippen LogP contribution in [0.3, 0.4) is 0 Å². The highest BCUT2D eigenvalue weighted by atomic mass is 16.2. The summed E-state index contributed by atoms with van der Waals surface area (Å²) in [5.41, 5.74) is 2.56. The van der Waals surface area contributed by atoms with Crippen molar-refractivity contribution >= 4 is 11.8 Å². The summed E-state index contributed by atoms with van der Waals surface area (Å²) in [4.78, 5) is 31.9. The van der Waals surface area contributed by atoms with Crippen LogP contribution in [0.5, 0.6) is 0 Å². The molecule has 0 radical (unpaired) electrons. The zero-order valence-electron chi connectivity index (χ0n) is 18.0. The van der Waals surface area contributed by atoms with Gasteiger partial charge in [0, 0.05) is 37.3 Å². The van der Waals surface area contributed by atoms with Crippen LogP contribution in [0.1, 0.15) is 45.7 Å². The predicted molar refractivity (Wildman–Crippen MR) is 114 cm³/mol. The lowest BCUT2D eigenvalue weighted by Crippen LogP contribution is -2.40. The Morgan fingerprint density at radius 1 is 1.16 bits per heavy atom. The van der Waals surface area contributed by atoms with Gasteiger partial charge in [0.25, 0.3) is 5.91 Å². The molecule has 1 fully saturated rings. The first-order valence-corrected chi connectivity index (χ1v) is 10.4. The Bertz CT molecular complexity index is 1070. The highest BCUT2D eigenvalue weighted by molar-refractivity contribution is 5.94. The van der Waals surface area contributed by atoms with Crippen LogP contribution in [0.4, 0.5) is 0 Å². The van der Waals surface area contributed by atoms with E-state index >= 15 is 0 Å². The number of carbonyl (C=O) groups is 2. The van der Waals surface area contributed by atoms with Crippen molar-refractivity contribution < 1.29 is 9.59 Å². The van der Waals surface area contributed by atoms with Gasteiger partial charge < -0.3 is 10.2 Å². The van der Waals surface area contributed by atoms with E-state index in [1.165, 1.54) is 0 Å². The van der Waals surface area contributed by atoms with Gasteiger partial charge in [-0.3, -0.25) is 19.4 Å². The second-order valence-corrected chi connectivity index (χ2v) is 8.03. The van der Waals surface area contributed by atoms with Gasteiger partial charge in [0.2, 0.25) is 5.91 Å². The molecule has 31 heavy (non-hydrogen) atoms. The van der Waals surface area contributed by atoms with E-state index in [2.05, 4.69) is 25.6 Å². The fourth-order valence-electron chi connectivity index (χ4n) is 4.04. The molecule has 0 spiro atoms. The largest absolute Gasteiger partial charge is 0.347 e. The van der Waals surface area contributed by atoms with E-state index < -0.39 is 0 Å². The highest BCUT2D eigenvalue weighted by Gasteiger charge is 2.39. The van der Waals surface area contributed by atoms with E-state index in [-0.39, 0.29) is 23.8 Å². The lowest BCUT2D eigenvalue weighted by atomic mass is 10.0. The number of rotatable bonds is 6. The number of nitrogens with one attached hydrogen (secondary N) is 2. The number of nitrogens with zero attached hydrogens (tertiary/aromatic N) is 5. The molecular weight excluding hydrogens is 394 g/mol. The lowest BCUT2D eigenvalue weighted by molar-refractivity contribution is -0.130. The minimum absolute atomic E-state index is 0.0290. The molecule has 2 amide bonds. The van der Waals surface area contributed by atoms with Crippen LogP contribution >= 0.6 is 0 Å². The summed E-state index contributed by atoms with van der Waals surface area (Å²) in [6.45, 7) is 7.17. The van der Waals surface area contributed by atoms with Crippen LogP contribution in [0.2, 0.25) is 0 Å². The number of hydrogen-bond donors (Lipinski definition) is 2. The Morgan fingerprint density at radius 2 is 1.94 bits per heavy atom. The number of amides is 2. The van der Waals surface area contributed by atoms with Crippen LogP contribution < -0.4 is 5.32 Å². The van der Waals surface area contributed by atoms with E-state index in [1.54, 1.807) is 17.0 Å². The Balaban J connectivity index is 1.46. The molecule has 3 aromatic rings. The van der Waals surface area contributed by atoms with Crippen molar-refractivity contribution in [3.05, 3.63) is 65.0 Å². The molecule has 9 heteroatoms. The van der Waals surface area contributed by atoms with Crippen molar-refractivity contribution in [1.29, 1.82) is 0 Å². The summed E-state index contributed by atoms with van der Waals surface area (Å²) >= 11 is 0. The molecule has 9 nitrogen and oxygen atoms in total. The molecule has 3 heterocycles. The van der Waals surface area contributed by atoms with Crippen LogP contribution in [0.15, 0.2) is 36.4 Å². The Kier molecular flexibility index (Phi) is 5.83. The number of likely N-dealkylation sites (tertiary alicyclic amines) is 1. The third-order valence-electron chi connectivity index (χ3n) is 5.61. The van der Waals surface area contributed by atoms with Gasteiger partial charge in [0.15, 0.2) is 5.82 Å². The average molecular weight is 422 g/mol. The zero-order valence-corrected chi connectivity index (χ0v) is 18.0. The maximum absolute atomic E-state index is 12.9. The van der Waals surface area contributed by atoms with E-state index in [1.807, 2.05) is 49.7 Å². The van der Waals surface area contributed by atoms with E-state index in [0.29, 0.717) is 43.3 Å². The number of aromatic nitrogens is 5. The fourth-order valence-corrected chi connectivity index (χ4v) is 4.04. The maximum atomic E-state index is 12.9. The molecule has 4 rings (SSSR count). The minimum Gasteiger partial charge on any atom is -0.347 e. The fraction of sp³-hybridized carbons (Fsp3) is 0.409. The third kappa shape index (κ3) is 4.65. The monoisotopic (exact) mass is 421 g/mol. The molecule has 162 valence electrons. The normalized spacial score (nSPS) is 18.4. The SMILES string of the molecule is Cc1cc(C)n(CCC(=O)N2C[C@@H](NC(=O)c3ccccc3)[C@H](c3n[nH]c(C)n3)C2)n1. The average Bonchev–Trinajstić information content (AvgIpc) is 3.45. The second kappa shape index (κ2) is 8.71. The molecular formula is C22H27N7O2. The van der Waals surface area contributed by atoms with Gasteiger partial charge in [0.1, 0.15) is 5.82 Å². The van der Waals surface area contributed by atoms with Gasteiger partial charge in [-0.15, -0.1) is 0 Å². The first-order chi connectivity index (χ1) is 14.9. The summed E-state index contributed by atoms with van der Waals surface area (Å²) in [6, 6.07) is 10.8. The first kappa shape index (κ1) is 20.8. The summed E-state index contributed by atoms with van der Waals surface area (Å²) < 4.78 is 1.86. The van der Waals surface area contributed by atoms with Gasteiger partial charge in [0.05, 0.1) is 17.7 Å². The smallest absolute Gasteiger partial charge is 0.251 e. The summed E-state index contributed by atoms with van der Waals surface area (Å²) in [6.07, 6.45) is 0.348. The predicted octanol–water partition coefficient (Wildman–Crippen LogP) is 1.74. The Morgan fingerprint density at radius 3 is 2.58 bits per heavy atom. The zero-order chi connectivity index (χ0) is 22.0. The Labute approximate surface area is 180 Å². The van der Waals surface area contributed by atoms with Gasteiger partial charge in [-0.25, -0.2) is 4.98 Å². The van der Waals surface area contributed by atoms with Crippen molar-refractivity contribution in [3.8, 4) is 0 Å². The molecule has 2 aromatic heterocycles. The van der Waals surface area contributed by atoms with Crippen molar-refractivity contribution in [2.45, 2.75) is 45.7 Å². The number of hydrogen-bond acceptors (Lipinski definition) is 5. The third-order valence-corrected chi connectivity index (χ3v) is 5.61. The number of H-pyrrole nitrogens is 1. The topological polar surface area (TPSA) is 109 Å². The number of carbonyl (C=O) groups excluding carboxylic acids is 2. The lowest BCUT2D eigenvalue weighted by Gasteiger charge is -2.18. The van der Waals surface area contributed by atoms with Crippen LogP contribution in [-0.4, -0.2) is 60.8 Å². The molecule has 1 aliphatic heterocycles. The minimum atomic E-state index is -0.263. The molecule has 0 aliphatic carbocycles. The van der Waals surface area contributed by atoms with Crippen molar-refractivity contribution in [2.75, 3.05) is 13.1 Å². The van der Waals surface area contributed by atoms with Gasteiger partial charge in [-0.1, -0.05) is 18.2 Å². The summed E-state index contributed by atoms with van der Waals surface area (Å²) in [7, 11) is 0. The molecule has 0 saturated carbocycles. The van der Waals surface area contributed by atoms with Crippen LogP contribution in [-0.2, 0) is 11.3 Å². The van der Waals surface area contributed by atoms with Crippen LogP contribution in [0.25, 0.3) is 0 Å². The van der Waals surface area contributed by atoms with Gasteiger partial charge in [-0.2, -0.15) is 10.2 Å². The first-order valence-electron chi connectivity index (χ1n) is 10.4. The summed E-state index contributed by atoms with van der Waals surface area (Å²) in [5.74, 6) is 1.01. The molecule has 2 atom stereocenters. The maximum Gasteiger partial charge on any atom is 0.251 e. The standard InChI is InChI=1S/C22H27N7O2/c1-14-11-15(2)29(27-14)10-9-20(30)28-12-18(21-23-16(3)25-26-21)19(13-28)24-22(31)17-7-5-4-6-8-17/h4-8,11,18-19H,9-10,12-13H2,1-3H3,(H,24,31)(H,23,25,26)/t18-,19-/m1/s1. The van der Waals surface area contributed by atoms with E-state index in [0.717, 1.165) is 11.4 Å². The number of benzene rings is 1. The van der Waals surface area contributed by atoms with Gasteiger partial charge in [-0.05, 0) is 39.0 Å². The Hall–Kier alpha value is -3.49. The van der Waals surface area contributed by atoms with Crippen molar-refractivity contribution in [3.63, 3.8) is 0 Å². The second-order valence-electron chi connectivity index (χ2n) is 8.03. The van der Waals surface area contributed by atoms with E-state index in [4.69, 9.17) is 0 Å². The quantitative estimate of drug-likeness (QED) is 0.630.